The lowest BCUT2D eigenvalue weighted by atomic mass is 10.1. The fourth-order valence-corrected chi connectivity index (χ4v) is 1.71. The molecule has 1 N–H and O–H groups in total. The summed E-state index contributed by atoms with van der Waals surface area (Å²) in [6.07, 6.45) is 4.55. The summed E-state index contributed by atoms with van der Waals surface area (Å²) in [5, 5.41) is 3.33. The maximum atomic E-state index is 11.8. The van der Waals surface area contributed by atoms with E-state index >= 15 is 0 Å². The molecular formula is C12H17ClN2O. The molecule has 1 aromatic rings. The van der Waals surface area contributed by atoms with Crippen LogP contribution in [0.25, 0.3) is 0 Å². The standard InChI is InChI=1S/C12H17ClN2O/c1-3-5-10(4-2)15-12(16)9-6-7-14-11(13)8-9/h6-8,10H,3-5H2,1-2H3,(H,15,16). The first-order valence-corrected chi connectivity index (χ1v) is 5.97. The Morgan fingerprint density at radius 2 is 2.31 bits per heavy atom. The minimum Gasteiger partial charge on any atom is -0.349 e. The highest BCUT2D eigenvalue weighted by Crippen LogP contribution is 2.08. The number of hydrogen-bond donors (Lipinski definition) is 1. The van der Waals surface area contributed by atoms with Crippen molar-refractivity contribution in [2.45, 2.75) is 39.2 Å². The molecule has 0 aliphatic heterocycles. The van der Waals surface area contributed by atoms with E-state index in [0.717, 1.165) is 19.3 Å². The van der Waals surface area contributed by atoms with Gasteiger partial charge in [-0.15, -0.1) is 0 Å². The molecule has 4 heteroatoms. The fraction of sp³-hybridized carbons (Fsp3) is 0.500. The summed E-state index contributed by atoms with van der Waals surface area (Å²) in [5.41, 5.74) is 0.564. The number of rotatable bonds is 5. The van der Waals surface area contributed by atoms with Gasteiger partial charge in [0.05, 0.1) is 0 Å². The summed E-state index contributed by atoms with van der Waals surface area (Å²) in [5.74, 6) is -0.0791. The first-order valence-electron chi connectivity index (χ1n) is 5.59. The predicted octanol–water partition coefficient (Wildman–Crippen LogP) is 3.04. The lowest BCUT2D eigenvalue weighted by Crippen LogP contribution is -2.34. The molecule has 1 amide bonds. The van der Waals surface area contributed by atoms with Crippen LogP contribution in [-0.4, -0.2) is 16.9 Å². The van der Waals surface area contributed by atoms with Gasteiger partial charge in [-0.2, -0.15) is 0 Å². The molecule has 3 nitrogen and oxygen atoms in total. The normalized spacial score (nSPS) is 12.2. The zero-order valence-electron chi connectivity index (χ0n) is 9.66. The van der Waals surface area contributed by atoms with Crippen LogP contribution in [0.2, 0.25) is 5.15 Å². The molecule has 16 heavy (non-hydrogen) atoms. The molecule has 88 valence electrons. The van der Waals surface area contributed by atoms with Gasteiger partial charge in [-0.1, -0.05) is 31.9 Å². The van der Waals surface area contributed by atoms with E-state index in [4.69, 9.17) is 11.6 Å². The largest absolute Gasteiger partial charge is 0.349 e. The number of carbonyl (C=O) groups is 1. The van der Waals surface area contributed by atoms with Crippen molar-refractivity contribution in [1.82, 2.24) is 10.3 Å². The highest BCUT2D eigenvalue weighted by atomic mass is 35.5. The third-order valence-corrected chi connectivity index (χ3v) is 2.66. The maximum Gasteiger partial charge on any atom is 0.251 e. The molecule has 0 fully saturated rings. The van der Waals surface area contributed by atoms with Gasteiger partial charge in [0, 0.05) is 17.8 Å². The van der Waals surface area contributed by atoms with Gasteiger partial charge < -0.3 is 5.32 Å². The quantitative estimate of drug-likeness (QED) is 0.804. The predicted molar refractivity (Wildman–Crippen MR) is 65.7 cm³/mol. The van der Waals surface area contributed by atoms with Gasteiger partial charge in [-0.3, -0.25) is 4.79 Å². The SMILES string of the molecule is CCCC(CC)NC(=O)c1ccnc(Cl)c1. The Hall–Kier alpha value is -1.09. The molecule has 0 aromatic carbocycles. The van der Waals surface area contributed by atoms with Crippen LogP contribution in [0.15, 0.2) is 18.3 Å². The summed E-state index contributed by atoms with van der Waals surface area (Å²) in [4.78, 5) is 15.7. The second-order valence-corrected chi connectivity index (χ2v) is 4.12. The van der Waals surface area contributed by atoms with Crippen LogP contribution >= 0.6 is 11.6 Å². The van der Waals surface area contributed by atoms with Crippen LogP contribution in [0.1, 0.15) is 43.5 Å². The summed E-state index contributed by atoms with van der Waals surface area (Å²) >= 11 is 5.73. The minimum absolute atomic E-state index is 0.0791. The Balaban J connectivity index is 2.64. The second kappa shape index (κ2) is 6.48. The molecule has 1 unspecified atom stereocenters. The number of carbonyl (C=O) groups excluding carboxylic acids is 1. The van der Waals surface area contributed by atoms with E-state index in [-0.39, 0.29) is 11.9 Å². The van der Waals surface area contributed by atoms with Gasteiger partial charge in [0.15, 0.2) is 0 Å². The van der Waals surface area contributed by atoms with E-state index < -0.39 is 0 Å². The highest BCUT2D eigenvalue weighted by Gasteiger charge is 2.11. The fourth-order valence-electron chi connectivity index (χ4n) is 1.54. The van der Waals surface area contributed by atoms with Gasteiger partial charge in [0.25, 0.3) is 5.91 Å². The molecule has 1 rings (SSSR count). The second-order valence-electron chi connectivity index (χ2n) is 3.73. The zero-order chi connectivity index (χ0) is 12.0. The van der Waals surface area contributed by atoms with Gasteiger partial charge >= 0.3 is 0 Å². The Bertz CT molecular complexity index is 355. The first-order chi connectivity index (χ1) is 7.67. The molecule has 0 saturated carbocycles. The smallest absolute Gasteiger partial charge is 0.251 e. The van der Waals surface area contributed by atoms with Gasteiger partial charge in [-0.05, 0) is 25.0 Å². The first kappa shape index (κ1) is 13.0. The van der Waals surface area contributed by atoms with E-state index in [1.165, 1.54) is 6.20 Å². The van der Waals surface area contributed by atoms with Crippen LogP contribution in [0.4, 0.5) is 0 Å². The molecule has 0 bridgehead atoms. The molecule has 1 aromatic heterocycles. The Morgan fingerprint density at radius 1 is 1.56 bits per heavy atom. The van der Waals surface area contributed by atoms with Crippen LogP contribution in [-0.2, 0) is 0 Å². The number of amides is 1. The number of hydrogen-bond acceptors (Lipinski definition) is 2. The van der Waals surface area contributed by atoms with Crippen LogP contribution in [0, 0.1) is 0 Å². The van der Waals surface area contributed by atoms with Crippen molar-refractivity contribution in [2.75, 3.05) is 0 Å². The van der Waals surface area contributed by atoms with Crippen molar-refractivity contribution in [3.05, 3.63) is 29.0 Å². The molecule has 0 saturated heterocycles. The number of nitrogens with one attached hydrogen (secondary N) is 1. The molecule has 0 radical (unpaired) electrons. The summed E-state index contributed by atoms with van der Waals surface area (Å²) in [6.45, 7) is 4.18. The van der Waals surface area contributed by atoms with Crippen molar-refractivity contribution >= 4 is 17.5 Å². The van der Waals surface area contributed by atoms with Crippen molar-refractivity contribution in [3.63, 3.8) is 0 Å². The Morgan fingerprint density at radius 3 is 2.88 bits per heavy atom. The van der Waals surface area contributed by atoms with Crippen LogP contribution < -0.4 is 5.32 Å². The minimum atomic E-state index is -0.0791. The highest BCUT2D eigenvalue weighted by molar-refractivity contribution is 6.29. The number of nitrogens with zero attached hydrogens (tertiary/aromatic N) is 1. The number of pyridine rings is 1. The third kappa shape index (κ3) is 3.81. The molecular weight excluding hydrogens is 224 g/mol. The van der Waals surface area contributed by atoms with Crippen molar-refractivity contribution < 1.29 is 4.79 Å². The van der Waals surface area contributed by atoms with Crippen LogP contribution in [0.3, 0.4) is 0 Å². The molecule has 1 heterocycles. The Labute approximate surface area is 101 Å². The van der Waals surface area contributed by atoms with Crippen molar-refractivity contribution in [3.8, 4) is 0 Å². The van der Waals surface area contributed by atoms with Gasteiger partial charge in [0.1, 0.15) is 5.15 Å². The van der Waals surface area contributed by atoms with Gasteiger partial charge in [0.2, 0.25) is 0 Å². The van der Waals surface area contributed by atoms with E-state index in [9.17, 15) is 4.79 Å². The third-order valence-electron chi connectivity index (χ3n) is 2.45. The van der Waals surface area contributed by atoms with E-state index in [0.29, 0.717) is 10.7 Å². The monoisotopic (exact) mass is 240 g/mol. The summed E-state index contributed by atoms with van der Waals surface area (Å²) < 4.78 is 0. The zero-order valence-corrected chi connectivity index (χ0v) is 10.4. The average Bonchev–Trinajstić information content (AvgIpc) is 2.28. The van der Waals surface area contributed by atoms with E-state index in [1.54, 1.807) is 12.1 Å². The van der Waals surface area contributed by atoms with E-state index in [1.807, 2.05) is 0 Å². The maximum absolute atomic E-state index is 11.8. The number of halogens is 1. The summed E-state index contributed by atoms with van der Waals surface area (Å²) in [6, 6.07) is 3.49. The summed E-state index contributed by atoms with van der Waals surface area (Å²) in [7, 11) is 0. The topological polar surface area (TPSA) is 42.0 Å². The van der Waals surface area contributed by atoms with Crippen LogP contribution in [0.5, 0.6) is 0 Å². The van der Waals surface area contributed by atoms with Gasteiger partial charge in [-0.25, -0.2) is 4.98 Å². The lowest BCUT2D eigenvalue weighted by Gasteiger charge is -2.15. The van der Waals surface area contributed by atoms with Crippen molar-refractivity contribution in [1.29, 1.82) is 0 Å². The van der Waals surface area contributed by atoms with E-state index in [2.05, 4.69) is 24.1 Å². The van der Waals surface area contributed by atoms with Crippen molar-refractivity contribution in [2.24, 2.45) is 0 Å². The lowest BCUT2D eigenvalue weighted by molar-refractivity contribution is 0.0933. The molecule has 0 spiro atoms. The Kier molecular flexibility index (Phi) is 5.26. The molecule has 1 atom stereocenters. The average molecular weight is 241 g/mol. The number of aromatic nitrogens is 1. The molecule has 0 aliphatic carbocycles. The molecule has 0 aliphatic rings.